The molecule has 0 aliphatic carbocycles. The number of rotatable bonds is 9. The van der Waals surface area contributed by atoms with Crippen molar-refractivity contribution in [3.63, 3.8) is 0 Å². The molecule has 1 aliphatic rings. The van der Waals surface area contributed by atoms with E-state index in [1.165, 1.54) is 12.5 Å². The molecule has 2 amide bonds. The maximum Gasteiger partial charge on any atom is 0.245 e. The molecule has 3 rings (SSSR count). The molecule has 1 aromatic carbocycles. The minimum absolute atomic E-state index is 0.0230. The van der Waals surface area contributed by atoms with Gasteiger partial charge in [0.1, 0.15) is 6.04 Å². The number of aromatic nitrogens is 2. The Morgan fingerprint density at radius 3 is 2.45 bits per heavy atom. The molecule has 1 aromatic heterocycles. The van der Waals surface area contributed by atoms with Crippen LogP contribution in [0, 0.1) is 11.8 Å². The van der Waals surface area contributed by atoms with Crippen molar-refractivity contribution in [3.05, 3.63) is 35.7 Å². The van der Waals surface area contributed by atoms with Gasteiger partial charge in [-0.3, -0.25) is 14.5 Å². The molecule has 1 N–H and O–H groups in total. The van der Waals surface area contributed by atoms with Crippen molar-refractivity contribution in [1.29, 1.82) is 0 Å². The van der Waals surface area contributed by atoms with Crippen molar-refractivity contribution in [1.82, 2.24) is 25.3 Å². The molecule has 8 heteroatoms. The molecule has 2 aromatic rings. The molecule has 33 heavy (non-hydrogen) atoms. The number of nitrogens with one attached hydrogen (secondary N) is 1. The second kappa shape index (κ2) is 11.4. The van der Waals surface area contributed by atoms with Crippen molar-refractivity contribution in [2.75, 3.05) is 26.2 Å². The van der Waals surface area contributed by atoms with Crippen molar-refractivity contribution in [3.8, 4) is 11.4 Å². The zero-order chi connectivity index (χ0) is 24.0. The average molecular weight is 456 g/mol. The van der Waals surface area contributed by atoms with Gasteiger partial charge in [-0.1, -0.05) is 51.1 Å². The highest BCUT2D eigenvalue weighted by atomic mass is 16.5. The van der Waals surface area contributed by atoms with Crippen LogP contribution in [0.2, 0.25) is 0 Å². The Morgan fingerprint density at radius 1 is 1.09 bits per heavy atom. The first-order chi connectivity index (χ1) is 15.7. The monoisotopic (exact) mass is 455 g/mol. The van der Waals surface area contributed by atoms with Gasteiger partial charge < -0.3 is 14.7 Å². The van der Waals surface area contributed by atoms with Crippen molar-refractivity contribution in [2.24, 2.45) is 11.8 Å². The Kier molecular flexibility index (Phi) is 8.61. The third-order valence-corrected chi connectivity index (χ3v) is 5.71. The van der Waals surface area contributed by atoms with Crippen molar-refractivity contribution in [2.45, 2.75) is 60.0 Å². The van der Waals surface area contributed by atoms with Gasteiger partial charge in [-0.05, 0) is 29.9 Å². The number of benzene rings is 1. The summed E-state index contributed by atoms with van der Waals surface area (Å²) in [5.74, 6) is 1.95. The van der Waals surface area contributed by atoms with E-state index in [0.717, 1.165) is 31.6 Å². The van der Waals surface area contributed by atoms with E-state index in [-0.39, 0.29) is 11.8 Å². The fraction of sp³-hybridized carbons (Fsp3) is 0.600. The molecule has 1 unspecified atom stereocenters. The first-order valence-corrected chi connectivity index (χ1v) is 11.9. The summed E-state index contributed by atoms with van der Waals surface area (Å²) in [6.07, 6.45) is 1.43. The van der Waals surface area contributed by atoms with Gasteiger partial charge in [-0.15, -0.1) is 0 Å². The Balaban J connectivity index is 1.56. The van der Waals surface area contributed by atoms with E-state index in [2.05, 4.69) is 60.2 Å². The van der Waals surface area contributed by atoms with Crippen LogP contribution in [0.1, 0.15) is 52.5 Å². The third kappa shape index (κ3) is 7.39. The summed E-state index contributed by atoms with van der Waals surface area (Å²) in [7, 11) is 0. The molecular formula is C25H37N5O3. The number of piperazine rings is 1. The van der Waals surface area contributed by atoms with Crippen LogP contribution < -0.4 is 5.32 Å². The van der Waals surface area contributed by atoms with E-state index in [9.17, 15) is 9.59 Å². The molecule has 180 valence electrons. The van der Waals surface area contributed by atoms with Crippen LogP contribution >= 0.6 is 0 Å². The lowest BCUT2D eigenvalue weighted by Crippen LogP contribution is -2.54. The maximum atomic E-state index is 13.0. The molecule has 0 bridgehead atoms. The number of hydrogen-bond acceptors (Lipinski definition) is 6. The van der Waals surface area contributed by atoms with Gasteiger partial charge in [-0.2, -0.15) is 4.98 Å². The lowest BCUT2D eigenvalue weighted by atomic mass is 10.0. The van der Waals surface area contributed by atoms with Gasteiger partial charge in [-0.25, -0.2) is 0 Å². The first kappa shape index (κ1) is 24.9. The fourth-order valence-electron chi connectivity index (χ4n) is 4.16. The lowest BCUT2D eigenvalue weighted by molar-refractivity contribution is -0.138. The predicted octanol–water partition coefficient (Wildman–Crippen LogP) is 3.13. The van der Waals surface area contributed by atoms with Gasteiger partial charge in [0.25, 0.3) is 0 Å². The van der Waals surface area contributed by atoms with Crippen LogP contribution in [-0.2, 0) is 22.6 Å². The Morgan fingerprint density at radius 2 is 1.82 bits per heavy atom. The van der Waals surface area contributed by atoms with E-state index in [0.29, 0.717) is 43.1 Å². The molecule has 1 fully saturated rings. The molecule has 1 aliphatic heterocycles. The largest absolute Gasteiger partial charge is 0.345 e. The van der Waals surface area contributed by atoms with Gasteiger partial charge in [0, 0.05) is 51.6 Å². The molecular weight excluding hydrogens is 418 g/mol. The van der Waals surface area contributed by atoms with Crippen LogP contribution in [-0.4, -0.2) is 64.0 Å². The van der Waals surface area contributed by atoms with Gasteiger partial charge in [0.2, 0.25) is 23.5 Å². The Hall–Kier alpha value is -2.74. The Bertz CT molecular complexity index is 932. The summed E-state index contributed by atoms with van der Waals surface area (Å²) in [6, 6.07) is 7.79. The standard InChI is InChI=1S/C25H37N5O3/c1-17(2)13-22(26-19(5)31)25(32)30-11-9-29(10-12-30)16-20-7-6-8-21(15-20)24-27-23(33-28-24)14-18(3)4/h6-8,15,17-18,22H,9-14,16H2,1-5H3,(H,26,31). The van der Waals surface area contributed by atoms with Crippen molar-refractivity contribution >= 4 is 11.8 Å². The second-order valence-corrected chi connectivity index (χ2v) is 9.79. The first-order valence-electron chi connectivity index (χ1n) is 11.9. The summed E-state index contributed by atoms with van der Waals surface area (Å²) in [5, 5.41) is 6.97. The van der Waals surface area contributed by atoms with Crippen LogP contribution in [0.5, 0.6) is 0 Å². The van der Waals surface area contributed by atoms with E-state index < -0.39 is 6.04 Å². The highest BCUT2D eigenvalue weighted by Crippen LogP contribution is 2.20. The number of carbonyl (C=O) groups is 2. The minimum atomic E-state index is -0.443. The highest BCUT2D eigenvalue weighted by molar-refractivity contribution is 5.87. The molecule has 1 saturated heterocycles. The quantitative estimate of drug-likeness (QED) is 0.625. The molecule has 2 heterocycles. The number of nitrogens with zero attached hydrogens (tertiary/aromatic N) is 4. The van der Waals surface area contributed by atoms with E-state index in [1.54, 1.807) is 0 Å². The number of carbonyl (C=O) groups excluding carboxylic acids is 2. The smallest absolute Gasteiger partial charge is 0.245 e. The topological polar surface area (TPSA) is 91.6 Å². The minimum Gasteiger partial charge on any atom is -0.345 e. The molecule has 8 nitrogen and oxygen atoms in total. The summed E-state index contributed by atoms with van der Waals surface area (Å²) in [6.45, 7) is 13.6. The maximum absolute atomic E-state index is 13.0. The van der Waals surface area contributed by atoms with Gasteiger partial charge in [0.15, 0.2) is 0 Å². The lowest BCUT2D eigenvalue weighted by Gasteiger charge is -2.36. The second-order valence-electron chi connectivity index (χ2n) is 9.79. The summed E-state index contributed by atoms with van der Waals surface area (Å²) in [4.78, 5) is 33.3. The van der Waals surface area contributed by atoms with Gasteiger partial charge in [0.05, 0.1) is 0 Å². The number of hydrogen-bond donors (Lipinski definition) is 1. The van der Waals surface area contributed by atoms with Gasteiger partial charge >= 0.3 is 0 Å². The third-order valence-electron chi connectivity index (χ3n) is 5.71. The highest BCUT2D eigenvalue weighted by Gasteiger charge is 2.28. The zero-order valence-corrected chi connectivity index (χ0v) is 20.5. The van der Waals surface area contributed by atoms with Crippen LogP contribution in [0.15, 0.2) is 28.8 Å². The Labute approximate surface area is 196 Å². The normalized spacial score (nSPS) is 15.8. The molecule has 0 spiro atoms. The SMILES string of the molecule is CC(=O)NC(CC(C)C)C(=O)N1CCN(Cc2cccc(-c3noc(CC(C)C)n3)c2)CC1. The van der Waals surface area contributed by atoms with Crippen LogP contribution in [0.25, 0.3) is 11.4 Å². The molecule has 0 radical (unpaired) electrons. The van der Waals surface area contributed by atoms with E-state index in [4.69, 9.17) is 4.52 Å². The zero-order valence-electron chi connectivity index (χ0n) is 20.5. The predicted molar refractivity (Wildman–Crippen MR) is 127 cm³/mol. The fourth-order valence-corrected chi connectivity index (χ4v) is 4.16. The molecule has 0 saturated carbocycles. The summed E-state index contributed by atoms with van der Waals surface area (Å²) in [5.41, 5.74) is 2.13. The van der Waals surface area contributed by atoms with Crippen LogP contribution in [0.3, 0.4) is 0 Å². The summed E-state index contributed by atoms with van der Waals surface area (Å²) < 4.78 is 5.39. The van der Waals surface area contributed by atoms with E-state index >= 15 is 0 Å². The average Bonchev–Trinajstić information content (AvgIpc) is 3.21. The van der Waals surface area contributed by atoms with E-state index in [1.807, 2.05) is 17.0 Å². The van der Waals surface area contributed by atoms with Crippen LogP contribution in [0.4, 0.5) is 0 Å². The number of amides is 2. The van der Waals surface area contributed by atoms with Crippen molar-refractivity contribution < 1.29 is 14.1 Å². The molecule has 1 atom stereocenters. The summed E-state index contributed by atoms with van der Waals surface area (Å²) >= 11 is 0.